The Bertz CT molecular complexity index is 590. The standard InChI is InChI=1S/C18H35N7O3/c1-6-11(4)14(17(28)24-13(10(2)3)15(19)26)25-16(27)12(22-5)8-7-9-23-18(20)21/h10-11,13-14H,6-9H2,1-5H3,(H2,19,26)(H,24,28)(H,25,27)(H4,20,21,23)/b22-12-/t11-,13-,14?/m0/s1. The van der Waals surface area contributed by atoms with E-state index in [0.717, 1.165) is 0 Å². The Kier molecular flexibility index (Phi) is 11.5. The summed E-state index contributed by atoms with van der Waals surface area (Å²) in [6, 6.07) is -1.63. The second kappa shape index (κ2) is 12.7. The van der Waals surface area contributed by atoms with Crippen LogP contribution in [0, 0.1) is 17.2 Å². The lowest BCUT2D eigenvalue weighted by atomic mass is 9.96. The number of nitrogens with one attached hydrogen (secondary N) is 4. The summed E-state index contributed by atoms with van der Waals surface area (Å²) in [5.74, 6) is -1.97. The third-order valence-corrected chi connectivity index (χ3v) is 4.49. The van der Waals surface area contributed by atoms with Crippen molar-refractivity contribution in [1.82, 2.24) is 16.0 Å². The number of aliphatic imine (C=N–C) groups is 1. The Hall–Kier alpha value is -2.65. The van der Waals surface area contributed by atoms with Crippen LogP contribution < -0.4 is 27.4 Å². The van der Waals surface area contributed by atoms with Crippen LogP contribution in [0.3, 0.4) is 0 Å². The average Bonchev–Trinajstić information content (AvgIpc) is 2.62. The number of amides is 3. The van der Waals surface area contributed by atoms with Crippen molar-refractivity contribution in [3.05, 3.63) is 0 Å². The number of guanidine groups is 1. The van der Waals surface area contributed by atoms with Gasteiger partial charge in [0.05, 0.1) is 5.71 Å². The van der Waals surface area contributed by atoms with Gasteiger partial charge >= 0.3 is 0 Å². The molecule has 28 heavy (non-hydrogen) atoms. The SMILES string of the molecule is CC[C@H](C)C(NC(=O)/C(CCCNC(=N)N)=N\C)C(=O)N[C@H](C(N)=O)C(C)C. The second-order valence-electron chi connectivity index (χ2n) is 7.08. The van der Waals surface area contributed by atoms with Crippen molar-refractivity contribution in [3.63, 3.8) is 0 Å². The first-order valence-electron chi connectivity index (χ1n) is 9.49. The molecule has 0 rings (SSSR count). The number of carbonyl (C=O) groups excluding carboxylic acids is 3. The van der Waals surface area contributed by atoms with Crippen molar-refractivity contribution >= 4 is 29.4 Å². The monoisotopic (exact) mass is 397 g/mol. The normalized spacial score (nSPS) is 14.7. The Morgan fingerprint density at radius 1 is 1.07 bits per heavy atom. The molecule has 0 aromatic rings. The van der Waals surface area contributed by atoms with E-state index in [1.807, 2.05) is 13.8 Å². The van der Waals surface area contributed by atoms with Gasteiger partial charge < -0.3 is 27.4 Å². The summed E-state index contributed by atoms with van der Waals surface area (Å²) in [6.45, 7) is 7.75. The van der Waals surface area contributed by atoms with Crippen molar-refractivity contribution < 1.29 is 14.4 Å². The fourth-order valence-corrected chi connectivity index (χ4v) is 2.54. The third kappa shape index (κ3) is 8.83. The highest BCUT2D eigenvalue weighted by Crippen LogP contribution is 2.10. The number of hydrogen-bond acceptors (Lipinski definition) is 5. The van der Waals surface area contributed by atoms with Gasteiger partial charge in [-0.25, -0.2) is 0 Å². The van der Waals surface area contributed by atoms with Crippen LogP contribution in [-0.2, 0) is 14.4 Å². The molecule has 0 aliphatic carbocycles. The van der Waals surface area contributed by atoms with Crippen LogP contribution in [0.2, 0.25) is 0 Å². The van der Waals surface area contributed by atoms with Crippen molar-refractivity contribution in [2.75, 3.05) is 13.6 Å². The molecule has 0 radical (unpaired) electrons. The number of nitrogens with two attached hydrogens (primary N) is 2. The van der Waals surface area contributed by atoms with Crippen LogP contribution in [0.25, 0.3) is 0 Å². The summed E-state index contributed by atoms with van der Waals surface area (Å²) in [5, 5.41) is 15.1. The van der Waals surface area contributed by atoms with Gasteiger partial charge in [0.15, 0.2) is 5.96 Å². The molecule has 3 atom stereocenters. The molecule has 0 aliphatic heterocycles. The first kappa shape index (κ1) is 25.4. The third-order valence-electron chi connectivity index (χ3n) is 4.49. The van der Waals surface area contributed by atoms with Gasteiger partial charge in [0.1, 0.15) is 12.1 Å². The summed E-state index contributed by atoms with van der Waals surface area (Å²) in [6.07, 6.45) is 1.58. The van der Waals surface area contributed by atoms with Crippen LogP contribution in [-0.4, -0.2) is 55.1 Å². The molecule has 160 valence electrons. The van der Waals surface area contributed by atoms with Gasteiger partial charge in [-0.1, -0.05) is 34.1 Å². The molecule has 8 N–H and O–H groups in total. The maximum absolute atomic E-state index is 12.7. The highest BCUT2D eigenvalue weighted by Gasteiger charge is 2.31. The molecule has 1 unspecified atom stereocenters. The molecule has 10 heteroatoms. The van der Waals surface area contributed by atoms with Gasteiger partial charge in [0.2, 0.25) is 11.8 Å². The molecule has 0 aliphatic rings. The van der Waals surface area contributed by atoms with Gasteiger partial charge in [-0.2, -0.15) is 0 Å². The molecule has 0 fully saturated rings. The minimum Gasteiger partial charge on any atom is -0.370 e. The summed E-state index contributed by atoms with van der Waals surface area (Å²) in [4.78, 5) is 40.9. The van der Waals surface area contributed by atoms with E-state index in [4.69, 9.17) is 16.9 Å². The van der Waals surface area contributed by atoms with E-state index in [2.05, 4.69) is 20.9 Å². The van der Waals surface area contributed by atoms with Gasteiger partial charge in [0.25, 0.3) is 5.91 Å². The molecule has 0 heterocycles. The molecule has 3 amide bonds. The Balaban J connectivity index is 5.10. The van der Waals surface area contributed by atoms with Gasteiger partial charge in [-0.05, 0) is 24.7 Å². The van der Waals surface area contributed by atoms with Crippen molar-refractivity contribution in [1.29, 1.82) is 5.41 Å². The number of hydrogen-bond donors (Lipinski definition) is 6. The van der Waals surface area contributed by atoms with Crippen LogP contribution in [0.15, 0.2) is 4.99 Å². The van der Waals surface area contributed by atoms with Crippen molar-refractivity contribution in [2.45, 2.75) is 59.0 Å². The summed E-state index contributed by atoms with van der Waals surface area (Å²) in [7, 11) is 1.51. The van der Waals surface area contributed by atoms with Crippen molar-refractivity contribution in [2.24, 2.45) is 28.3 Å². The largest absolute Gasteiger partial charge is 0.370 e. The molecular formula is C18H35N7O3. The molecule has 0 spiro atoms. The topological polar surface area (TPSA) is 176 Å². The van der Waals surface area contributed by atoms with Gasteiger partial charge in [-0.3, -0.25) is 24.8 Å². The minimum absolute atomic E-state index is 0.137. The lowest BCUT2D eigenvalue weighted by Crippen LogP contribution is -2.57. The van der Waals surface area contributed by atoms with E-state index in [1.165, 1.54) is 7.05 Å². The highest BCUT2D eigenvalue weighted by atomic mass is 16.2. The summed E-state index contributed by atoms with van der Waals surface area (Å²) < 4.78 is 0. The van der Waals surface area contributed by atoms with E-state index in [0.29, 0.717) is 31.5 Å². The van der Waals surface area contributed by atoms with Gasteiger partial charge in [0, 0.05) is 13.6 Å². The fraction of sp³-hybridized carbons (Fsp3) is 0.722. The number of rotatable bonds is 12. The maximum atomic E-state index is 12.7. The lowest BCUT2D eigenvalue weighted by Gasteiger charge is -2.27. The number of primary amides is 1. The van der Waals surface area contributed by atoms with Gasteiger partial charge in [-0.15, -0.1) is 0 Å². The molecule has 0 aromatic heterocycles. The first-order valence-corrected chi connectivity index (χ1v) is 9.49. The zero-order chi connectivity index (χ0) is 21.9. The molecular weight excluding hydrogens is 362 g/mol. The molecule has 10 nitrogen and oxygen atoms in total. The fourth-order valence-electron chi connectivity index (χ4n) is 2.54. The van der Waals surface area contributed by atoms with E-state index in [9.17, 15) is 14.4 Å². The summed E-state index contributed by atoms with van der Waals surface area (Å²) in [5.41, 5.74) is 10.9. The van der Waals surface area contributed by atoms with E-state index in [-0.39, 0.29) is 17.8 Å². The van der Waals surface area contributed by atoms with E-state index < -0.39 is 29.8 Å². The molecule has 0 bridgehead atoms. The predicted octanol–water partition coefficient (Wildman–Crippen LogP) is -0.523. The Labute approximate surface area is 166 Å². The summed E-state index contributed by atoms with van der Waals surface area (Å²) >= 11 is 0. The van der Waals surface area contributed by atoms with E-state index >= 15 is 0 Å². The first-order chi connectivity index (χ1) is 13.0. The van der Waals surface area contributed by atoms with E-state index in [1.54, 1.807) is 13.8 Å². The number of nitrogens with zero attached hydrogens (tertiary/aromatic N) is 1. The zero-order valence-corrected chi connectivity index (χ0v) is 17.5. The Morgan fingerprint density at radius 2 is 1.68 bits per heavy atom. The van der Waals surface area contributed by atoms with Crippen LogP contribution in [0.4, 0.5) is 0 Å². The molecule has 0 aromatic carbocycles. The molecule has 0 saturated carbocycles. The Morgan fingerprint density at radius 3 is 2.11 bits per heavy atom. The minimum atomic E-state index is -0.815. The van der Waals surface area contributed by atoms with Crippen LogP contribution in [0.5, 0.6) is 0 Å². The van der Waals surface area contributed by atoms with Crippen LogP contribution in [0.1, 0.15) is 47.0 Å². The quantitative estimate of drug-likeness (QED) is 0.147. The highest BCUT2D eigenvalue weighted by molar-refractivity contribution is 6.39. The number of carbonyl (C=O) groups is 3. The lowest BCUT2D eigenvalue weighted by molar-refractivity contribution is -0.131. The van der Waals surface area contributed by atoms with Crippen LogP contribution >= 0.6 is 0 Å². The van der Waals surface area contributed by atoms with Crippen molar-refractivity contribution in [3.8, 4) is 0 Å². The zero-order valence-electron chi connectivity index (χ0n) is 17.5. The average molecular weight is 398 g/mol. The second-order valence-corrected chi connectivity index (χ2v) is 7.08. The predicted molar refractivity (Wildman–Crippen MR) is 110 cm³/mol. The smallest absolute Gasteiger partial charge is 0.265 e. The molecule has 0 saturated heterocycles. The maximum Gasteiger partial charge on any atom is 0.265 e.